The summed E-state index contributed by atoms with van der Waals surface area (Å²) in [6.07, 6.45) is 3.94. The minimum absolute atomic E-state index is 0.213. The van der Waals surface area contributed by atoms with Crippen LogP contribution in [0.15, 0.2) is 10.8 Å². The van der Waals surface area contributed by atoms with Gasteiger partial charge in [-0.25, -0.2) is 0 Å². The van der Waals surface area contributed by atoms with Crippen LogP contribution in [0, 0.1) is 5.92 Å². The molecule has 1 saturated carbocycles. The average Bonchev–Trinajstić information content (AvgIpc) is 2.17. The Labute approximate surface area is 50.5 Å². The second-order valence-corrected chi connectivity index (χ2v) is 2.55. The molecule has 0 saturated heterocycles. The lowest BCUT2D eigenvalue weighted by Gasteiger charge is -1.75. The third-order valence-corrected chi connectivity index (χ3v) is 1.25. The molecule has 0 spiro atoms. The monoisotopic (exact) mass is 164 g/mol. The molecule has 1 aliphatic carbocycles. The maximum atomic E-state index is 11.8. The fourth-order valence-electron chi connectivity index (χ4n) is 0.441. The van der Waals surface area contributed by atoms with E-state index in [1.807, 2.05) is 0 Å². The van der Waals surface area contributed by atoms with Crippen LogP contribution in [0.5, 0.6) is 0 Å². The van der Waals surface area contributed by atoms with Crippen LogP contribution < -0.4 is 0 Å². The lowest BCUT2D eigenvalue weighted by molar-refractivity contribution is 0.696. The summed E-state index contributed by atoms with van der Waals surface area (Å²) in [6, 6.07) is 0. The molecule has 0 N–H and O–H groups in total. The predicted octanol–water partition coefficient (Wildman–Crippen LogP) is 2.60. The van der Waals surface area contributed by atoms with Crippen molar-refractivity contribution in [2.24, 2.45) is 5.92 Å². The fourth-order valence-corrected chi connectivity index (χ4v) is 0.815. The Morgan fingerprint density at radius 2 is 2.29 bits per heavy atom. The van der Waals surface area contributed by atoms with E-state index in [4.69, 9.17) is 0 Å². The SMILES string of the molecule is F/C(Br)=C\C1CC1. The first-order chi connectivity index (χ1) is 3.29. The van der Waals surface area contributed by atoms with E-state index in [1.165, 1.54) is 12.8 Å². The maximum absolute atomic E-state index is 11.8. The van der Waals surface area contributed by atoms with Crippen molar-refractivity contribution < 1.29 is 4.39 Å². The molecule has 0 bridgehead atoms. The van der Waals surface area contributed by atoms with Crippen molar-refractivity contribution in [3.8, 4) is 0 Å². The van der Waals surface area contributed by atoms with Crippen molar-refractivity contribution in [2.45, 2.75) is 12.8 Å². The Morgan fingerprint density at radius 3 is 2.43 bits per heavy atom. The van der Waals surface area contributed by atoms with Gasteiger partial charge in [0.25, 0.3) is 0 Å². The van der Waals surface area contributed by atoms with E-state index < -0.39 is 0 Å². The number of hydrogen-bond acceptors (Lipinski definition) is 0. The van der Waals surface area contributed by atoms with E-state index >= 15 is 0 Å². The summed E-state index contributed by atoms with van der Waals surface area (Å²) in [4.78, 5) is 0. The van der Waals surface area contributed by atoms with Gasteiger partial charge in [0.2, 0.25) is 0 Å². The zero-order chi connectivity index (χ0) is 5.28. The van der Waals surface area contributed by atoms with Gasteiger partial charge in [-0.1, -0.05) is 0 Å². The molecule has 7 heavy (non-hydrogen) atoms. The highest BCUT2D eigenvalue weighted by Crippen LogP contribution is 2.32. The van der Waals surface area contributed by atoms with Gasteiger partial charge < -0.3 is 0 Å². The molecule has 0 atom stereocenters. The highest BCUT2D eigenvalue weighted by atomic mass is 79.9. The topological polar surface area (TPSA) is 0 Å². The molecule has 2 heteroatoms. The van der Waals surface area contributed by atoms with E-state index in [2.05, 4.69) is 15.9 Å². The van der Waals surface area contributed by atoms with E-state index in [0.717, 1.165) is 0 Å². The van der Waals surface area contributed by atoms with Crippen molar-refractivity contribution >= 4 is 15.9 Å². The summed E-state index contributed by atoms with van der Waals surface area (Å²) in [5.74, 6) is 0.541. The van der Waals surface area contributed by atoms with Crippen LogP contribution in [0.4, 0.5) is 4.39 Å². The van der Waals surface area contributed by atoms with Crippen molar-refractivity contribution in [3.63, 3.8) is 0 Å². The zero-order valence-corrected chi connectivity index (χ0v) is 5.41. The molecule has 0 radical (unpaired) electrons. The minimum atomic E-state index is -0.213. The van der Waals surface area contributed by atoms with Crippen molar-refractivity contribution in [1.29, 1.82) is 0 Å². The van der Waals surface area contributed by atoms with Crippen LogP contribution in [0.3, 0.4) is 0 Å². The smallest absolute Gasteiger partial charge is 0.162 e. The second-order valence-electron chi connectivity index (χ2n) is 1.79. The summed E-state index contributed by atoms with van der Waals surface area (Å²) < 4.78 is 11.6. The molecule has 1 rings (SSSR count). The van der Waals surface area contributed by atoms with E-state index in [9.17, 15) is 4.39 Å². The molecular weight excluding hydrogens is 159 g/mol. The highest BCUT2D eigenvalue weighted by Gasteiger charge is 2.18. The van der Waals surface area contributed by atoms with Gasteiger partial charge >= 0.3 is 0 Å². The third kappa shape index (κ3) is 2.07. The van der Waals surface area contributed by atoms with E-state index in [1.54, 1.807) is 6.08 Å². The first-order valence-corrected chi connectivity index (χ1v) is 3.11. The Hall–Kier alpha value is 0.150. The lowest BCUT2D eigenvalue weighted by Crippen LogP contribution is -1.59. The van der Waals surface area contributed by atoms with Gasteiger partial charge in [-0.15, -0.1) is 0 Å². The van der Waals surface area contributed by atoms with Gasteiger partial charge in [0.15, 0.2) is 4.74 Å². The molecule has 0 aromatic rings. The van der Waals surface area contributed by atoms with Crippen LogP contribution in [-0.2, 0) is 0 Å². The number of halogens is 2. The van der Waals surface area contributed by atoms with Gasteiger partial charge in [-0.3, -0.25) is 0 Å². The van der Waals surface area contributed by atoms with Crippen LogP contribution >= 0.6 is 15.9 Å². The quantitative estimate of drug-likeness (QED) is 0.560. The number of rotatable bonds is 1. The molecule has 1 fully saturated rings. The van der Waals surface area contributed by atoms with Crippen LogP contribution in [0.25, 0.3) is 0 Å². The van der Waals surface area contributed by atoms with Gasteiger partial charge in [-0.2, -0.15) is 4.39 Å². The highest BCUT2D eigenvalue weighted by molar-refractivity contribution is 9.11. The molecule has 40 valence electrons. The average molecular weight is 165 g/mol. The van der Waals surface area contributed by atoms with E-state index in [0.29, 0.717) is 5.92 Å². The Balaban J connectivity index is 2.29. The molecular formula is C5H6BrF. The van der Waals surface area contributed by atoms with Crippen molar-refractivity contribution in [1.82, 2.24) is 0 Å². The Kier molecular flexibility index (Phi) is 1.47. The normalized spacial score (nSPS) is 22.9. The van der Waals surface area contributed by atoms with Crippen molar-refractivity contribution in [2.75, 3.05) is 0 Å². The van der Waals surface area contributed by atoms with Gasteiger partial charge in [0, 0.05) is 0 Å². The summed E-state index contributed by atoms with van der Waals surface area (Å²) >= 11 is 2.71. The molecule has 1 aliphatic rings. The molecule has 0 aromatic carbocycles. The Morgan fingerprint density at radius 1 is 1.71 bits per heavy atom. The summed E-state index contributed by atoms with van der Waals surface area (Å²) in [6.45, 7) is 0. The predicted molar refractivity (Wildman–Crippen MR) is 30.8 cm³/mol. The first-order valence-electron chi connectivity index (χ1n) is 2.32. The van der Waals surface area contributed by atoms with Gasteiger partial charge in [-0.05, 0) is 40.8 Å². The molecule has 0 aliphatic heterocycles. The zero-order valence-electron chi connectivity index (χ0n) is 3.82. The molecule has 0 unspecified atom stereocenters. The maximum Gasteiger partial charge on any atom is 0.162 e. The van der Waals surface area contributed by atoms with Crippen molar-refractivity contribution in [3.05, 3.63) is 10.8 Å². The summed E-state index contributed by atoms with van der Waals surface area (Å²) in [5, 5.41) is 0. The molecule has 0 heterocycles. The largest absolute Gasteiger partial charge is 0.199 e. The Bertz CT molecular complexity index is 90.3. The lowest BCUT2D eigenvalue weighted by atomic mass is 10.4. The van der Waals surface area contributed by atoms with Gasteiger partial charge in [0.1, 0.15) is 0 Å². The summed E-state index contributed by atoms with van der Waals surface area (Å²) in [5.41, 5.74) is 0. The second kappa shape index (κ2) is 1.95. The third-order valence-electron chi connectivity index (χ3n) is 0.984. The van der Waals surface area contributed by atoms with Crippen LogP contribution in [-0.4, -0.2) is 0 Å². The fraction of sp³-hybridized carbons (Fsp3) is 0.600. The summed E-state index contributed by atoms with van der Waals surface area (Å²) in [7, 11) is 0. The molecule has 0 amide bonds. The first kappa shape index (κ1) is 5.29. The number of allylic oxidation sites excluding steroid dienone is 1. The molecule has 0 aromatic heterocycles. The standard InChI is InChI=1S/C5H6BrF/c6-5(7)3-4-1-2-4/h3-4H,1-2H2/b5-3-. The van der Waals surface area contributed by atoms with Gasteiger partial charge in [0.05, 0.1) is 0 Å². The molecule has 0 nitrogen and oxygen atoms in total. The van der Waals surface area contributed by atoms with E-state index in [-0.39, 0.29) is 4.74 Å². The minimum Gasteiger partial charge on any atom is -0.199 e. The number of hydrogen-bond donors (Lipinski definition) is 0. The van der Waals surface area contributed by atoms with Crippen LogP contribution in [0.2, 0.25) is 0 Å². The van der Waals surface area contributed by atoms with Crippen LogP contribution in [0.1, 0.15) is 12.8 Å².